The first-order valence-electron chi connectivity index (χ1n) is 6.40. The Morgan fingerprint density at radius 2 is 2.14 bits per heavy atom. The maximum absolute atomic E-state index is 13.2. The van der Waals surface area contributed by atoms with E-state index in [1.54, 1.807) is 25.2 Å². The van der Waals surface area contributed by atoms with Crippen LogP contribution in [0.5, 0.6) is 0 Å². The molecule has 0 aliphatic rings. The second kappa shape index (κ2) is 4.97. The number of aryl methyl sites for hydroxylation is 1. The summed E-state index contributed by atoms with van der Waals surface area (Å²) in [6, 6.07) is 7.58. The van der Waals surface area contributed by atoms with E-state index in [2.05, 4.69) is 15.0 Å². The van der Waals surface area contributed by atoms with Crippen molar-refractivity contribution in [2.24, 2.45) is 0 Å². The predicted octanol–water partition coefficient (Wildman–Crippen LogP) is 2.68. The lowest BCUT2D eigenvalue weighted by Gasteiger charge is -2.17. The second-order valence-corrected chi connectivity index (χ2v) is 4.76. The molecule has 0 unspecified atom stereocenters. The molecule has 1 N–H and O–H groups in total. The molecule has 106 valence electrons. The van der Waals surface area contributed by atoms with Gasteiger partial charge in [0.2, 0.25) is 0 Å². The molecule has 0 bridgehead atoms. The Morgan fingerprint density at radius 1 is 1.33 bits per heavy atom. The van der Waals surface area contributed by atoms with E-state index in [4.69, 9.17) is 0 Å². The van der Waals surface area contributed by atoms with E-state index in [0.717, 1.165) is 5.82 Å². The van der Waals surface area contributed by atoms with E-state index in [0.29, 0.717) is 22.4 Å². The summed E-state index contributed by atoms with van der Waals surface area (Å²) in [7, 11) is 1.60. The van der Waals surface area contributed by atoms with Crippen LogP contribution in [0.1, 0.15) is 16.2 Å². The van der Waals surface area contributed by atoms with E-state index in [-0.39, 0.29) is 11.7 Å². The molecule has 2 heterocycles. The Balaban J connectivity index is 1.95. The smallest absolute Gasteiger partial charge is 0.259 e. The first-order chi connectivity index (χ1) is 10.0. The van der Waals surface area contributed by atoms with Crippen LogP contribution in [0.3, 0.4) is 0 Å². The number of carbonyl (C=O) groups excluding carboxylic acids is 1. The van der Waals surface area contributed by atoms with Gasteiger partial charge in [-0.1, -0.05) is 6.07 Å². The van der Waals surface area contributed by atoms with Gasteiger partial charge in [0.05, 0.1) is 11.1 Å². The number of aromatic nitrogens is 3. The second-order valence-electron chi connectivity index (χ2n) is 4.76. The van der Waals surface area contributed by atoms with Gasteiger partial charge >= 0.3 is 0 Å². The third-order valence-electron chi connectivity index (χ3n) is 3.20. The van der Waals surface area contributed by atoms with Gasteiger partial charge in [0.15, 0.2) is 5.65 Å². The van der Waals surface area contributed by atoms with Crippen LogP contribution in [0.2, 0.25) is 0 Å². The van der Waals surface area contributed by atoms with Crippen LogP contribution < -0.4 is 4.90 Å². The molecule has 0 saturated carbocycles. The number of nitrogens with one attached hydrogen (secondary N) is 1. The molecule has 0 saturated heterocycles. The molecule has 0 aliphatic heterocycles. The molecule has 1 aromatic carbocycles. The summed E-state index contributed by atoms with van der Waals surface area (Å²) in [6.07, 6.45) is 1.47. The molecule has 5 nitrogen and oxygen atoms in total. The number of hydrogen-bond donors (Lipinski definition) is 1. The summed E-state index contributed by atoms with van der Waals surface area (Å²) < 4.78 is 13.2. The molecular weight excluding hydrogens is 271 g/mol. The summed E-state index contributed by atoms with van der Waals surface area (Å²) in [6.45, 7) is 1.82. The highest BCUT2D eigenvalue weighted by Gasteiger charge is 2.15. The van der Waals surface area contributed by atoms with Crippen molar-refractivity contribution in [1.82, 2.24) is 15.0 Å². The molecule has 0 spiro atoms. The summed E-state index contributed by atoms with van der Waals surface area (Å²) in [5, 5.41) is 0. The monoisotopic (exact) mass is 284 g/mol. The Morgan fingerprint density at radius 3 is 2.90 bits per heavy atom. The van der Waals surface area contributed by atoms with E-state index in [1.165, 1.54) is 23.2 Å². The van der Waals surface area contributed by atoms with Crippen LogP contribution >= 0.6 is 0 Å². The lowest BCUT2D eigenvalue weighted by atomic mass is 10.2. The molecule has 3 rings (SSSR count). The van der Waals surface area contributed by atoms with E-state index < -0.39 is 0 Å². The minimum atomic E-state index is -0.384. The molecule has 0 radical (unpaired) electrons. The van der Waals surface area contributed by atoms with Crippen LogP contribution in [0.25, 0.3) is 11.2 Å². The standard InChI is InChI=1S/C15H13FN4O/c1-9-18-13-6-10(8-17-14(13)19-9)15(21)20(2)12-5-3-4-11(16)7-12/h3-8H,1-2H3,(H,17,18,19). The van der Waals surface area contributed by atoms with Crippen molar-refractivity contribution in [3.05, 3.63) is 53.7 Å². The Labute approximate surface area is 120 Å². The van der Waals surface area contributed by atoms with Gasteiger partial charge in [0.1, 0.15) is 11.6 Å². The Kier molecular flexibility index (Phi) is 3.13. The Bertz CT molecular complexity index is 827. The first kappa shape index (κ1) is 13.2. The van der Waals surface area contributed by atoms with E-state index in [1.807, 2.05) is 6.92 Å². The number of anilines is 1. The van der Waals surface area contributed by atoms with Crippen LogP contribution in [0.15, 0.2) is 36.5 Å². The highest BCUT2D eigenvalue weighted by molar-refractivity contribution is 6.06. The maximum atomic E-state index is 13.2. The van der Waals surface area contributed by atoms with Crippen LogP contribution in [-0.4, -0.2) is 27.9 Å². The zero-order chi connectivity index (χ0) is 15.0. The Hall–Kier alpha value is -2.76. The zero-order valence-electron chi connectivity index (χ0n) is 11.6. The van der Waals surface area contributed by atoms with Crippen molar-refractivity contribution >= 4 is 22.8 Å². The molecule has 0 fully saturated rings. The first-order valence-corrected chi connectivity index (χ1v) is 6.40. The number of amides is 1. The highest BCUT2D eigenvalue weighted by Crippen LogP contribution is 2.18. The van der Waals surface area contributed by atoms with Crippen molar-refractivity contribution in [3.63, 3.8) is 0 Å². The van der Waals surface area contributed by atoms with Gasteiger partial charge in [-0.2, -0.15) is 0 Å². The van der Waals surface area contributed by atoms with Crippen LogP contribution in [0, 0.1) is 12.7 Å². The zero-order valence-corrected chi connectivity index (χ0v) is 11.6. The summed E-state index contributed by atoms with van der Waals surface area (Å²) >= 11 is 0. The molecule has 1 amide bonds. The number of carbonyl (C=O) groups is 1. The molecule has 0 atom stereocenters. The fourth-order valence-electron chi connectivity index (χ4n) is 2.13. The summed E-state index contributed by atoms with van der Waals surface area (Å²) in [5.74, 6) is 0.0905. The van der Waals surface area contributed by atoms with Crippen molar-refractivity contribution < 1.29 is 9.18 Å². The average Bonchev–Trinajstić information content (AvgIpc) is 2.84. The number of aromatic amines is 1. The van der Waals surface area contributed by atoms with Crippen molar-refractivity contribution in [2.45, 2.75) is 6.92 Å². The largest absolute Gasteiger partial charge is 0.341 e. The summed E-state index contributed by atoms with van der Waals surface area (Å²) in [5.41, 5.74) is 2.17. The number of pyridine rings is 1. The van der Waals surface area contributed by atoms with Gasteiger partial charge in [-0.25, -0.2) is 14.4 Å². The number of H-pyrrole nitrogens is 1. The fraction of sp³-hybridized carbons (Fsp3) is 0.133. The van der Waals surface area contributed by atoms with Crippen molar-refractivity contribution in [1.29, 1.82) is 0 Å². The van der Waals surface area contributed by atoms with Crippen molar-refractivity contribution in [3.8, 4) is 0 Å². The molecule has 2 aromatic heterocycles. The van der Waals surface area contributed by atoms with Gasteiger partial charge < -0.3 is 9.88 Å². The minimum Gasteiger partial charge on any atom is -0.341 e. The molecule has 6 heteroatoms. The maximum Gasteiger partial charge on any atom is 0.259 e. The SMILES string of the molecule is Cc1nc2ncc(C(=O)N(C)c3cccc(F)c3)cc2[nH]1. The van der Waals surface area contributed by atoms with E-state index in [9.17, 15) is 9.18 Å². The number of hydrogen-bond acceptors (Lipinski definition) is 3. The third kappa shape index (κ3) is 2.47. The minimum absolute atomic E-state index is 0.262. The number of benzene rings is 1. The van der Waals surface area contributed by atoms with Gasteiger partial charge in [-0.3, -0.25) is 4.79 Å². The van der Waals surface area contributed by atoms with E-state index >= 15 is 0 Å². The van der Waals surface area contributed by atoms with Crippen LogP contribution in [-0.2, 0) is 0 Å². The van der Waals surface area contributed by atoms with Gasteiger partial charge in [0.25, 0.3) is 5.91 Å². The number of halogens is 1. The molecule has 21 heavy (non-hydrogen) atoms. The fourth-order valence-corrected chi connectivity index (χ4v) is 2.13. The predicted molar refractivity (Wildman–Crippen MR) is 77.8 cm³/mol. The quantitative estimate of drug-likeness (QED) is 0.787. The topological polar surface area (TPSA) is 61.9 Å². The lowest BCUT2D eigenvalue weighted by Crippen LogP contribution is -2.26. The van der Waals surface area contributed by atoms with Crippen molar-refractivity contribution in [2.75, 3.05) is 11.9 Å². The normalized spacial score (nSPS) is 10.8. The number of fused-ring (bicyclic) bond motifs is 1. The third-order valence-corrected chi connectivity index (χ3v) is 3.20. The highest BCUT2D eigenvalue weighted by atomic mass is 19.1. The van der Waals surface area contributed by atoms with Gasteiger partial charge in [-0.05, 0) is 31.2 Å². The molecular formula is C15H13FN4O. The molecule has 3 aromatic rings. The van der Waals surface area contributed by atoms with Crippen LogP contribution in [0.4, 0.5) is 10.1 Å². The molecule has 0 aliphatic carbocycles. The van der Waals surface area contributed by atoms with Gasteiger partial charge in [0, 0.05) is 18.9 Å². The summed E-state index contributed by atoms with van der Waals surface area (Å²) in [4.78, 5) is 25.2. The number of imidazole rings is 1. The number of nitrogens with zero attached hydrogens (tertiary/aromatic N) is 3. The van der Waals surface area contributed by atoms with Gasteiger partial charge in [-0.15, -0.1) is 0 Å². The number of rotatable bonds is 2. The lowest BCUT2D eigenvalue weighted by molar-refractivity contribution is 0.0993. The average molecular weight is 284 g/mol.